The van der Waals surface area contributed by atoms with Crippen molar-refractivity contribution in [1.82, 2.24) is 20.0 Å². The van der Waals surface area contributed by atoms with Crippen LogP contribution in [-0.4, -0.2) is 34.3 Å². The fourth-order valence-electron chi connectivity index (χ4n) is 2.05. The van der Waals surface area contributed by atoms with E-state index in [4.69, 9.17) is 0 Å². The molecule has 6 nitrogen and oxygen atoms in total. The molecule has 2 amide bonds. The third-order valence-corrected chi connectivity index (χ3v) is 2.98. The molecule has 0 aromatic carbocycles. The average Bonchev–Trinajstić information content (AvgIpc) is 2.73. The van der Waals surface area contributed by atoms with Gasteiger partial charge < -0.3 is 10.6 Å². The number of pyridine rings is 1. The lowest BCUT2D eigenvalue weighted by Gasteiger charge is -2.06. The Morgan fingerprint density at radius 2 is 2.00 bits per heavy atom. The Morgan fingerprint density at radius 1 is 1.29 bits per heavy atom. The largest absolute Gasteiger partial charge is 0.356 e. The van der Waals surface area contributed by atoms with Crippen LogP contribution in [0.5, 0.6) is 0 Å². The van der Waals surface area contributed by atoms with Gasteiger partial charge in [-0.1, -0.05) is 0 Å². The van der Waals surface area contributed by atoms with Crippen molar-refractivity contribution in [1.29, 1.82) is 0 Å². The van der Waals surface area contributed by atoms with E-state index in [1.165, 1.54) is 29.7 Å². The fraction of sp³-hybridized carbons (Fsp3) is 0.357. The Labute approximate surface area is 121 Å². The zero-order valence-electron chi connectivity index (χ0n) is 11.9. The van der Waals surface area contributed by atoms with E-state index in [-0.39, 0.29) is 11.8 Å². The highest BCUT2D eigenvalue weighted by Gasteiger charge is 2.16. The number of rotatable bonds is 5. The molecule has 0 aliphatic heterocycles. The number of fused-ring (bicyclic) bond motifs is 1. The lowest BCUT2D eigenvalue weighted by Crippen LogP contribution is -2.29. The summed E-state index contributed by atoms with van der Waals surface area (Å²) in [5.41, 5.74) is 1.39. The number of halogens is 1. The number of aryl methyl sites for hydroxylation is 1. The van der Waals surface area contributed by atoms with Crippen molar-refractivity contribution in [3.63, 3.8) is 0 Å². The van der Waals surface area contributed by atoms with Crippen LogP contribution in [0.4, 0.5) is 4.39 Å². The molecule has 0 bridgehead atoms. The predicted molar refractivity (Wildman–Crippen MR) is 75.5 cm³/mol. The van der Waals surface area contributed by atoms with Crippen LogP contribution < -0.4 is 10.6 Å². The first-order chi connectivity index (χ1) is 9.99. The number of aromatic nitrogens is 2. The summed E-state index contributed by atoms with van der Waals surface area (Å²) < 4.78 is 14.7. The van der Waals surface area contributed by atoms with Crippen molar-refractivity contribution < 1.29 is 14.0 Å². The number of imidazole rings is 1. The molecule has 7 heteroatoms. The lowest BCUT2D eigenvalue weighted by molar-refractivity contribution is -0.118. The van der Waals surface area contributed by atoms with Gasteiger partial charge in [0.15, 0.2) is 0 Å². The Kier molecular flexibility index (Phi) is 4.52. The van der Waals surface area contributed by atoms with E-state index in [9.17, 15) is 14.0 Å². The molecule has 2 aromatic heterocycles. The molecule has 0 spiro atoms. The molecule has 0 aliphatic rings. The molecule has 0 saturated carbocycles. The molecule has 2 N–H and O–H groups in total. The van der Waals surface area contributed by atoms with E-state index in [0.29, 0.717) is 36.5 Å². The summed E-state index contributed by atoms with van der Waals surface area (Å²) in [7, 11) is 0. The maximum absolute atomic E-state index is 13.3. The highest BCUT2D eigenvalue weighted by Crippen LogP contribution is 2.13. The number of carbonyl (C=O) groups is 2. The fourth-order valence-corrected chi connectivity index (χ4v) is 2.05. The summed E-state index contributed by atoms with van der Waals surface area (Å²) in [6.07, 6.45) is 1.86. The highest BCUT2D eigenvalue weighted by molar-refractivity contribution is 5.94. The summed E-state index contributed by atoms with van der Waals surface area (Å²) >= 11 is 0. The van der Waals surface area contributed by atoms with Gasteiger partial charge in [-0.25, -0.2) is 9.37 Å². The zero-order chi connectivity index (χ0) is 15.4. The smallest absolute Gasteiger partial charge is 0.270 e. The minimum atomic E-state index is -0.431. The second kappa shape index (κ2) is 6.34. The molecule has 112 valence electrons. The summed E-state index contributed by atoms with van der Waals surface area (Å²) in [4.78, 5) is 27.1. The maximum atomic E-state index is 13.3. The van der Waals surface area contributed by atoms with Crippen molar-refractivity contribution in [2.45, 2.75) is 20.3 Å². The first-order valence-corrected chi connectivity index (χ1v) is 6.66. The summed E-state index contributed by atoms with van der Waals surface area (Å²) in [5.74, 6) is -0.845. The molecule has 0 atom stereocenters. The van der Waals surface area contributed by atoms with E-state index in [2.05, 4.69) is 15.6 Å². The van der Waals surface area contributed by atoms with Crippen molar-refractivity contribution in [3.8, 4) is 0 Å². The quantitative estimate of drug-likeness (QED) is 0.808. The van der Waals surface area contributed by atoms with E-state index < -0.39 is 5.82 Å². The molecule has 0 fully saturated rings. The highest BCUT2D eigenvalue weighted by atomic mass is 19.1. The van der Waals surface area contributed by atoms with Crippen molar-refractivity contribution >= 4 is 17.5 Å². The van der Waals surface area contributed by atoms with Gasteiger partial charge in [0, 0.05) is 26.2 Å². The van der Waals surface area contributed by atoms with E-state index >= 15 is 0 Å². The molecular weight excluding hydrogens is 275 g/mol. The summed E-state index contributed by atoms with van der Waals surface area (Å²) in [6, 6.07) is 2.83. The van der Waals surface area contributed by atoms with E-state index in [1.54, 1.807) is 6.92 Å². The molecule has 0 saturated heterocycles. The normalized spacial score (nSPS) is 10.6. The Morgan fingerprint density at radius 3 is 2.71 bits per heavy atom. The van der Waals surface area contributed by atoms with Gasteiger partial charge in [-0.05, 0) is 25.5 Å². The molecule has 0 unspecified atom stereocenters. The van der Waals surface area contributed by atoms with E-state index in [0.717, 1.165) is 0 Å². The predicted octanol–water partition coefficient (Wildman–Crippen LogP) is 1.04. The first-order valence-electron chi connectivity index (χ1n) is 6.66. The molecule has 2 rings (SSSR count). The maximum Gasteiger partial charge on any atom is 0.270 e. The van der Waals surface area contributed by atoms with Crippen LogP contribution in [0.15, 0.2) is 18.3 Å². The lowest BCUT2D eigenvalue weighted by atomic mass is 10.3. The number of nitrogens with zero attached hydrogens (tertiary/aromatic N) is 2. The second-order valence-corrected chi connectivity index (χ2v) is 4.71. The minimum absolute atomic E-state index is 0.102. The van der Waals surface area contributed by atoms with Crippen LogP contribution in [-0.2, 0) is 4.79 Å². The number of hydrogen-bond acceptors (Lipinski definition) is 3. The number of carbonyl (C=O) groups excluding carboxylic acids is 2. The van der Waals surface area contributed by atoms with Crippen LogP contribution in [0.3, 0.4) is 0 Å². The van der Waals surface area contributed by atoms with E-state index in [1.807, 2.05) is 0 Å². The molecule has 2 heterocycles. The topological polar surface area (TPSA) is 75.5 Å². The third-order valence-electron chi connectivity index (χ3n) is 2.98. The van der Waals surface area contributed by atoms with Gasteiger partial charge in [0.05, 0.1) is 5.69 Å². The van der Waals surface area contributed by atoms with Gasteiger partial charge >= 0.3 is 0 Å². The first kappa shape index (κ1) is 15.0. The van der Waals surface area contributed by atoms with Crippen molar-refractivity contribution in [3.05, 3.63) is 35.5 Å². The van der Waals surface area contributed by atoms with Gasteiger partial charge in [0.1, 0.15) is 17.2 Å². The van der Waals surface area contributed by atoms with Crippen LogP contribution in [0, 0.1) is 12.7 Å². The standard InChI is InChI=1S/C14H17FN4O2/c1-9-13(14(21)17-7-3-6-16-10(2)20)19-8-11(15)4-5-12(19)18-9/h4-5,8H,3,6-7H2,1-2H3,(H,16,20)(H,17,21). The Bertz CT molecular complexity index is 681. The third kappa shape index (κ3) is 3.56. The summed E-state index contributed by atoms with van der Waals surface area (Å²) in [5, 5.41) is 5.38. The van der Waals surface area contributed by atoms with Gasteiger partial charge in [0.25, 0.3) is 5.91 Å². The van der Waals surface area contributed by atoms with Gasteiger partial charge in [0.2, 0.25) is 5.91 Å². The van der Waals surface area contributed by atoms with Gasteiger partial charge in [-0.2, -0.15) is 0 Å². The number of hydrogen-bond donors (Lipinski definition) is 2. The molecular formula is C14H17FN4O2. The second-order valence-electron chi connectivity index (χ2n) is 4.71. The molecule has 0 radical (unpaired) electrons. The monoisotopic (exact) mass is 292 g/mol. The van der Waals surface area contributed by atoms with Crippen molar-refractivity contribution in [2.75, 3.05) is 13.1 Å². The average molecular weight is 292 g/mol. The van der Waals surface area contributed by atoms with Crippen LogP contribution in [0.25, 0.3) is 5.65 Å². The minimum Gasteiger partial charge on any atom is -0.356 e. The van der Waals surface area contributed by atoms with Crippen LogP contribution in [0.2, 0.25) is 0 Å². The van der Waals surface area contributed by atoms with Crippen molar-refractivity contribution in [2.24, 2.45) is 0 Å². The van der Waals surface area contributed by atoms with Crippen LogP contribution >= 0.6 is 0 Å². The zero-order valence-corrected chi connectivity index (χ0v) is 11.9. The molecule has 0 aliphatic carbocycles. The molecule has 21 heavy (non-hydrogen) atoms. The Balaban J connectivity index is 2.04. The van der Waals surface area contributed by atoms with Gasteiger partial charge in [-0.15, -0.1) is 0 Å². The summed E-state index contributed by atoms with van der Waals surface area (Å²) in [6.45, 7) is 4.06. The van der Waals surface area contributed by atoms with Gasteiger partial charge in [-0.3, -0.25) is 14.0 Å². The number of nitrogens with one attached hydrogen (secondary N) is 2. The van der Waals surface area contributed by atoms with Crippen LogP contribution in [0.1, 0.15) is 29.5 Å². The number of amides is 2. The Hall–Kier alpha value is -2.44. The SMILES string of the molecule is CC(=O)NCCCNC(=O)c1c(C)nc2ccc(F)cn12. The molecule has 2 aromatic rings.